The number of nitrogens with zero attached hydrogens (tertiary/aromatic N) is 1. The minimum atomic E-state index is -0.465. The fraction of sp³-hybridized carbons (Fsp3) is 0.217. The minimum Gasteiger partial charge on any atom is -0.398 e. The number of rotatable bonds is 8. The van der Waals surface area contributed by atoms with Gasteiger partial charge in [-0.2, -0.15) is 0 Å². The summed E-state index contributed by atoms with van der Waals surface area (Å²) in [5.74, 6) is -0.724. The van der Waals surface area contributed by atoms with Crippen LogP contribution in [0.2, 0.25) is 0 Å². The van der Waals surface area contributed by atoms with Crippen LogP contribution in [0.1, 0.15) is 28.4 Å². The van der Waals surface area contributed by atoms with E-state index in [1.807, 2.05) is 12.1 Å². The van der Waals surface area contributed by atoms with Crippen LogP contribution in [-0.4, -0.2) is 35.2 Å². The van der Waals surface area contributed by atoms with Gasteiger partial charge in [-0.3, -0.25) is 14.8 Å². The summed E-state index contributed by atoms with van der Waals surface area (Å²) in [4.78, 5) is 24.4. The van der Waals surface area contributed by atoms with Crippen molar-refractivity contribution in [3.8, 4) is 11.1 Å². The lowest BCUT2D eigenvalue weighted by molar-refractivity contribution is -0.164. The highest BCUT2D eigenvalue weighted by molar-refractivity contribution is 7.08. The lowest BCUT2D eigenvalue weighted by Crippen LogP contribution is -2.37. The monoisotopic (exact) mass is 423 g/mol. The second-order valence-corrected chi connectivity index (χ2v) is 7.67. The summed E-state index contributed by atoms with van der Waals surface area (Å²) in [5.41, 5.74) is 10.9. The Morgan fingerprint density at radius 2 is 1.67 bits per heavy atom. The molecule has 0 atom stereocenters. The van der Waals surface area contributed by atoms with Gasteiger partial charge in [-0.15, -0.1) is 11.3 Å². The molecule has 3 aromatic rings. The van der Waals surface area contributed by atoms with Crippen molar-refractivity contribution in [2.24, 2.45) is 0 Å². The highest BCUT2D eigenvalue weighted by Crippen LogP contribution is 2.21. The number of amides is 2. The average Bonchev–Trinajstić information content (AvgIpc) is 3.18. The lowest BCUT2D eigenvalue weighted by Gasteiger charge is -2.15. The van der Waals surface area contributed by atoms with Crippen molar-refractivity contribution in [3.63, 3.8) is 0 Å². The molecule has 30 heavy (non-hydrogen) atoms. The third kappa shape index (κ3) is 5.46. The second kappa shape index (κ2) is 10.0. The lowest BCUT2D eigenvalue weighted by atomic mass is 10.0. The summed E-state index contributed by atoms with van der Waals surface area (Å²) >= 11 is 1.41. The molecule has 6 nitrogen and oxygen atoms in total. The van der Waals surface area contributed by atoms with Gasteiger partial charge in [-0.25, -0.2) is 5.06 Å². The molecule has 0 aliphatic heterocycles. The Morgan fingerprint density at radius 3 is 2.23 bits per heavy atom. The van der Waals surface area contributed by atoms with Gasteiger partial charge in [-0.1, -0.05) is 43.3 Å². The van der Waals surface area contributed by atoms with E-state index >= 15 is 0 Å². The predicted molar refractivity (Wildman–Crippen MR) is 120 cm³/mol. The summed E-state index contributed by atoms with van der Waals surface area (Å²) in [5, 5.41) is 16.7. The molecule has 3 rings (SSSR count). The number of anilines is 1. The zero-order valence-corrected chi connectivity index (χ0v) is 17.6. The SMILES string of the molecule is CCc1ccc(-c2ccc(C(=O)NCCN(O)C(=O)Cc3cscc3N)cc2)cc1. The van der Waals surface area contributed by atoms with Crippen LogP contribution in [0.25, 0.3) is 11.1 Å². The average molecular weight is 424 g/mol. The Morgan fingerprint density at radius 1 is 1.03 bits per heavy atom. The maximum Gasteiger partial charge on any atom is 0.251 e. The molecular weight excluding hydrogens is 398 g/mol. The topological polar surface area (TPSA) is 95.7 Å². The van der Waals surface area contributed by atoms with E-state index in [2.05, 4.69) is 36.5 Å². The highest BCUT2D eigenvalue weighted by atomic mass is 32.1. The van der Waals surface area contributed by atoms with E-state index in [1.54, 1.807) is 22.9 Å². The molecule has 0 fully saturated rings. The first-order valence-electron chi connectivity index (χ1n) is 9.75. The molecule has 0 saturated heterocycles. The first-order chi connectivity index (χ1) is 14.5. The molecule has 0 aliphatic rings. The summed E-state index contributed by atoms with van der Waals surface area (Å²) in [7, 11) is 0. The maximum atomic E-state index is 12.3. The molecule has 1 aromatic heterocycles. The molecule has 2 amide bonds. The molecule has 1 heterocycles. The zero-order valence-electron chi connectivity index (χ0n) is 16.8. The normalized spacial score (nSPS) is 10.6. The van der Waals surface area contributed by atoms with Crippen LogP contribution >= 0.6 is 11.3 Å². The van der Waals surface area contributed by atoms with Gasteiger partial charge in [-0.05, 0) is 46.2 Å². The van der Waals surface area contributed by atoms with Crippen LogP contribution in [0.5, 0.6) is 0 Å². The highest BCUT2D eigenvalue weighted by Gasteiger charge is 2.14. The van der Waals surface area contributed by atoms with Crippen molar-refractivity contribution >= 4 is 28.8 Å². The molecule has 0 radical (unpaired) electrons. The predicted octanol–water partition coefficient (Wildman–Crippen LogP) is 3.75. The summed E-state index contributed by atoms with van der Waals surface area (Å²) in [6.45, 7) is 2.25. The van der Waals surface area contributed by atoms with E-state index in [-0.39, 0.29) is 25.4 Å². The van der Waals surface area contributed by atoms with Crippen LogP contribution in [0, 0.1) is 0 Å². The zero-order chi connectivity index (χ0) is 21.5. The number of aryl methyl sites for hydroxylation is 1. The van der Waals surface area contributed by atoms with Crippen molar-refractivity contribution in [2.75, 3.05) is 18.8 Å². The van der Waals surface area contributed by atoms with Crippen molar-refractivity contribution < 1.29 is 14.8 Å². The third-order valence-electron chi connectivity index (χ3n) is 4.86. The number of carbonyl (C=O) groups is 2. The fourth-order valence-electron chi connectivity index (χ4n) is 2.98. The van der Waals surface area contributed by atoms with Crippen LogP contribution in [0.3, 0.4) is 0 Å². The molecule has 7 heteroatoms. The van der Waals surface area contributed by atoms with Gasteiger partial charge in [0.25, 0.3) is 11.8 Å². The van der Waals surface area contributed by atoms with Gasteiger partial charge in [0.2, 0.25) is 0 Å². The fourth-order valence-corrected chi connectivity index (χ4v) is 3.73. The van der Waals surface area contributed by atoms with Gasteiger partial charge in [0.1, 0.15) is 0 Å². The Bertz CT molecular complexity index is 997. The van der Waals surface area contributed by atoms with E-state index in [9.17, 15) is 14.8 Å². The van der Waals surface area contributed by atoms with Crippen molar-refractivity contribution in [1.29, 1.82) is 0 Å². The third-order valence-corrected chi connectivity index (χ3v) is 5.67. The smallest absolute Gasteiger partial charge is 0.251 e. The van der Waals surface area contributed by atoms with E-state index in [0.29, 0.717) is 21.9 Å². The molecular formula is C23H25N3O3S. The summed E-state index contributed by atoms with van der Waals surface area (Å²) in [6.07, 6.45) is 1.03. The number of hydrogen-bond donors (Lipinski definition) is 3. The number of hydrogen-bond acceptors (Lipinski definition) is 5. The van der Waals surface area contributed by atoms with Gasteiger partial charge < -0.3 is 11.1 Å². The Kier molecular flexibility index (Phi) is 7.21. The number of nitrogen functional groups attached to an aromatic ring is 1. The molecule has 0 bridgehead atoms. The molecule has 0 aliphatic carbocycles. The van der Waals surface area contributed by atoms with Crippen LogP contribution in [-0.2, 0) is 17.6 Å². The first-order valence-corrected chi connectivity index (χ1v) is 10.7. The van der Waals surface area contributed by atoms with Gasteiger partial charge in [0, 0.05) is 23.2 Å². The van der Waals surface area contributed by atoms with Crippen molar-refractivity contribution in [1.82, 2.24) is 10.4 Å². The van der Waals surface area contributed by atoms with E-state index in [0.717, 1.165) is 17.5 Å². The van der Waals surface area contributed by atoms with Crippen molar-refractivity contribution in [3.05, 3.63) is 76.0 Å². The Hall–Kier alpha value is -3.16. The molecule has 0 saturated carbocycles. The first kappa shape index (κ1) is 21.5. The second-order valence-electron chi connectivity index (χ2n) is 6.93. The van der Waals surface area contributed by atoms with E-state index in [1.165, 1.54) is 16.9 Å². The van der Waals surface area contributed by atoms with Gasteiger partial charge >= 0.3 is 0 Å². The number of hydroxylamine groups is 2. The number of nitrogens with one attached hydrogen (secondary N) is 1. The Labute approximate surface area is 179 Å². The minimum absolute atomic E-state index is 0.00350. The quantitative estimate of drug-likeness (QED) is 0.380. The van der Waals surface area contributed by atoms with Crippen molar-refractivity contribution in [2.45, 2.75) is 19.8 Å². The standard InChI is InChI=1S/C23H25N3O3S/c1-2-16-3-5-17(6-4-16)18-7-9-19(10-8-18)23(28)25-11-12-26(29)22(27)13-20-14-30-15-21(20)24/h3-10,14-15,29H,2,11-13,24H2,1H3,(H,25,28). The number of carbonyl (C=O) groups excluding carboxylic acids is 2. The Balaban J connectivity index is 1.48. The van der Waals surface area contributed by atoms with Gasteiger partial charge in [0.15, 0.2) is 0 Å². The molecule has 0 spiro atoms. The van der Waals surface area contributed by atoms with Gasteiger partial charge in [0.05, 0.1) is 13.0 Å². The van der Waals surface area contributed by atoms with E-state index in [4.69, 9.17) is 5.73 Å². The molecule has 156 valence electrons. The summed E-state index contributed by atoms with van der Waals surface area (Å²) in [6, 6.07) is 15.7. The van der Waals surface area contributed by atoms with E-state index < -0.39 is 5.91 Å². The van der Waals surface area contributed by atoms with Crippen LogP contribution in [0.15, 0.2) is 59.3 Å². The summed E-state index contributed by atoms with van der Waals surface area (Å²) < 4.78 is 0. The largest absolute Gasteiger partial charge is 0.398 e. The molecule has 4 N–H and O–H groups in total. The maximum absolute atomic E-state index is 12.3. The number of benzene rings is 2. The molecule has 0 unspecified atom stereocenters. The van der Waals surface area contributed by atoms with Crippen LogP contribution in [0.4, 0.5) is 5.69 Å². The number of thiophene rings is 1. The number of nitrogens with two attached hydrogens (primary N) is 1. The van der Waals surface area contributed by atoms with Crippen LogP contribution < -0.4 is 11.1 Å². The molecule has 2 aromatic carbocycles.